The Labute approximate surface area is 193 Å². The molecule has 0 aliphatic heterocycles. The lowest BCUT2D eigenvalue weighted by atomic mass is 9.98. The highest BCUT2D eigenvalue weighted by Gasteiger charge is 2.20. The van der Waals surface area contributed by atoms with Crippen LogP contribution >= 0.6 is 0 Å². The molecule has 0 bridgehead atoms. The SMILES string of the molecule is Cc1nc(-c2nnn(C)c2COC(=O)N(C)Cc2ccnn2C)ccc1OC1CCCCC1. The summed E-state index contributed by atoms with van der Waals surface area (Å²) < 4.78 is 15.1. The minimum Gasteiger partial charge on any atom is -0.489 e. The van der Waals surface area contributed by atoms with Crippen LogP contribution in [0, 0.1) is 6.92 Å². The molecule has 1 saturated carbocycles. The summed E-state index contributed by atoms with van der Waals surface area (Å²) in [4.78, 5) is 18.7. The number of hydrogen-bond donors (Lipinski definition) is 0. The van der Waals surface area contributed by atoms with Crippen LogP contribution in [0.2, 0.25) is 0 Å². The highest BCUT2D eigenvalue weighted by molar-refractivity contribution is 5.67. The second kappa shape index (κ2) is 10.0. The van der Waals surface area contributed by atoms with Crippen LogP contribution in [-0.4, -0.2) is 53.9 Å². The van der Waals surface area contributed by atoms with Gasteiger partial charge in [-0.25, -0.2) is 14.5 Å². The van der Waals surface area contributed by atoms with Gasteiger partial charge >= 0.3 is 6.09 Å². The molecule has 1 aliphatic rings. The van der Waals surface area contributed by atoms with Crippen molar-refractivity contribution >= 4 is 6.09 Å². The molecule has 3 heterocycles. The fraction of sp³-hybridized carbons (Fsp3) is 0.522. The Bertz CT molecular complexity index is 1100. The van der Waals surface area contributed by atoms with Gasteiger partial charge in [0.15, 0.2) is 0 Å². The summed E-state index contributed by atoms with van der Waals surface area (Å²) in [5.41, 5.74) is 3.65. The molecule has 0 atom stereocenters. The van der Waals surface area contributed by atoms with Gasteiger partial charge in [-0.05, 0) is 50.8 Å². The van der Waals surface area contributed by atoms with Gasteiger partial charge in [-0.15, -0.1) is 5.10 Å². The van der Waals surface area contributed by atoms with Crippen molar-refractivity contribution in [3.63, 3.8) is 0 Å². The van der Waals surface area contributed by atoms with E-state index in [1.165, 1.54) is 24.2 Å². The second-order valence-electron chi connectivity index (χ2n) is 8.52. The van der Waals surface area contributed by atoms with Crippen LogP contribution in [0.4, 0.5) is 4.79 Å². The maximum absolute atomic E-state index is 12.5. The minimum absolute atomic E-state index is 0.0362. The van der Waals surface area contributed by atoms with Gasteiger partial charge in [0.2, 0.25) is 0 Å². The van der Waals surface area contributed by atoms with E-state index in [1.807, 2.05) is 32.2 Å². The van der Waals surface area contributed by atoms with Crippen LogP contribution in [0.15, 0.2) is 24.4 Å². The fourth-order valence-electron chi connectivity index (χ4n) is 4.01. The molecule has 1 aliphatic carbocycles. The van der Waals surface area contributed by atoms with Crippen molar-refractivity contribution in [2.45, 2.75) is 58.3 Å². The van der Waals surface area contributed by atoms with Crippen LogP contribution in [0.25, 0.3) is 11.4 Å². The first-order valence-corrected chi connectivity index (χ1v) is 11.3. The van der Waals surface area contributed by atoms with E-state index in [-0.39, 0.29) is 12.7 Å². The van der Waals surface area contributed by atoms with Crippen molar-refractivity contribution in [2.24, 2.45) is 14.1 Å². The third-order valence-corrected chi connectivity index (χ3v) is 6.03. The number of amides is 1. The molecule has 1 fully saturated rings. The number of aryl methyl sites for hydroxylation is 3. The number of hydrogen-bond acceptors (Lipinski definition) is 7. The summed E-state index contributed by atoms with van der Waals surface area (Å²) in [5, 5.41) is 12.5. The van der Waals surface area contributed by atoms with Crippen molar-refractivity contribution in [3.05, 3.63) is 41.5 Å². The maximum atomic E-state index is 12.5. The van der Waals surface area contributed by atoms with E-state index < -0.39 is 6.09 Å². The zero-order chi connectivity index (χ0) is 23.4. The summed E-state index contributed by atoms with van der Waals surface area (Å²) in [7, 11) is 5.29. The van der Waals surface area contributed by atoms with Crippen molar-refractivity contribution in [3.8, 4) is 17.1 Å². The van der Waals surface area contributed by atoms with Crippen LogP contribution in [0.5, 0.6) is 5.75 Å². The molecule has 10 heteroatoms. The molecular weight excluding hydrogens is 422 g/mol. The maximum Gasteiger partial charge on any atom is 0.410 e. The highest BCUT2D eigenvalue weighted by Crippen LogP contribution is 2.28. The summed E-state index contributed by atoms with van der Waals surface area (Å²) in [6.07, 6.45) is 7.43. The lowest BCUT2D eigenvalue weighted by molar-refractivity contribution is 0.0998. The quantitative estimate of drug-likeness (QED) is 0.540. The number of carbonyl (C=O) groups is 1. The van der Waals surface area contributed by atoms with Gasteiger partial charge in [0.05, 0.1) is 29.7 Å². The third-order valence-electron chi connectivity index (χ3n) is 6.03. The normalized spacial score (nSPS) is 14.3. The first-order valence-electron chi connectivity index (χ1n) is 11.3. The van der Waals surface area contributed by atoms with Gasteiger partial charge in [0.1, 0.15) is 23.7 Å². The number of pyridine rings is 1. The molecule has 1 amide bonds. The molecule has 0 aromatic carbocycles. The lowest BCUT2D eigenvalue weighted by Crippen LogP contribution is -2.28. The first-order chi connectivity index (χ1) is 15.9. The first kappa shape index (κ1) is 22.8. The van der Waals surface area contributed by atoms with E-state index >= 15 is 0 Å². The van der Waals surface area contributed by atoms with Crippen molar-refractivity contribution < 1.29 is 14.3 Å². The average Bonchev–Trinajstić information content (AvgIpc) is 3.39. The molecule has 176 valence electrons. The zero-order valence-electron chi connectivity index (χ0n) is 19.7. The smallest absolute Gasteiger partial charge is 0.410 e. The Morgan fingerprint density at radius 1 is 1.15 bits per heavy atom. The Balaban J connectivity index is 1.42. The molecule has 4 rings (SSSR count). The molecule has 0 unspecified atom stereocenters. The lowest BCUT2D eigenvalue weighted by Gasteiger charge is -2.23. The molecule has 0 N–H and O–H groups in total. The number of ether oxygens (including phenoxy) is 2. The fourth-order valence-corrected chi connectivity index (χ4v) is 4.01. The van der Waals surface area contributed by atoms with Gasteiger partial charge in [0.25, 0.3) is 0 Å². The Morgan fingerprint density at radius 3 is 2.64 bits per heavy atom. The average molecular weight is 454 g/mol. The van der Waals surface area contributed by atoms with Gasteiger partial charge in [-0.3, -0.25) is 4.68 Å². The summed E-state index contributed by atoms with van der Waals surface area (Å²) in [6.45, 7) is 2.37. The third kappa shape index (κ3) is 5.32. The number of rotatable bonds is 7. The van der Waals surface area contributed by atoms with E-state index in [0.717, 1.165) is 30.0 Å². The Hall–Kier alpha value is -3.43. The van der Waals surface area contributed by atoms with Gasteiger partial charge in [0, 0.05) is 27.3 Å². The molecule has 10 nitrogen and oxygen atoms in total. The van der Waals surface area contributed by atoms with Crippen molar-refractivity contribution in [1.82, 2.24) is 34.7 Å². The molecule has 0 saturated heterocycles. The number of carbonyl (C=O) groups excluding carboxylic acids is 1. The minimum atomic E-state index is -0.441. The number of aromatic nitrogens is 6. The molecular formula is C23H31N7O3. The molecule has 0 radical (unpaired) electrons. The Morgan fingerprint density at radius 2 is 1.94 bits per heavy atom. The zero-order valence-corrected chi connectivity index (χ0v) is 19.7. The predicted molar refractivity (Wildman–Crippen MR) is 121 cm³/mol. The van der Waals surface area contributed by atoms with Crippen molar-refractivity contribution in [2.75, 3.05) is 7.05 Å². The molecule has 0 spiro atoms. The van der Waals surface area contributed by atoms with E-state index in [4.69, 9.17) is 14.5 Å². The standard InChI is InChI=1S/C23H31N7O3/c1-16-21(33-18-8-6-5-7-9-18)11-10-19(25-16)22-20(30(4)27-26-22)15-32-23(31)28(2)14-17-12-13-24-29(17)3/h10-13,18H,5-9,14-15H2,1-4H3. The summed E-state index contributed by atoms with van der Waals surface area (Å²) in [5.74, 6) is 0.805. The predicted octanol–water partition coefficient (Wildman–Crippen LogP) is 3.40. The van der Waals surface area contributed by atoms with E-state index in [9.17, 15) is 4.79 Å². The molecule has 33 heavy (non-hydrogen) atoms. The summed E-state index contributed by atoms with van der Waals surface area (Å²) in [6, 6.07) is 5.69. The van der Waals surface area contributed by atoms with Gasteiger partial charge < -0.3 is 14.4 Å². The Kier molecular flexibility index (Phi) is 6.90. The van der Waals surface area contributed by atoms with Gasteiger partial charge in [-0.2, -0.15) is 5.10 Å². The van der Waals surface area contributed by atoms with Crippen molar-refractivity contribution in [1.29, 1.82) is 0 Å². The highest BCUT2D eigenvalue weighted by atomic mass is 16.6. The molecule has 3 aromatic rings. The summed E-state index contributed by atoms with van der Waals surface area (Å²) >= 11 is 0. The van der Waals surface area contributed by atoms with Crippen LogP contribution in [0.1, 0.15) is 49.2 Å². The van der Waals surface area contributed by atoms with Gasteiger partial charge in [-0.1, -0.05) is 11.6 Å². The van der Waals surface area contributed by atoms with E-state index in [2.05, 4.69) is 15.4 Å². The number of nitrogens with zero attached hydrogens (tertiary/aromatic N) is 7. The largest absolute Gasteiger partial charge is 0.489 e. The van der Waals surface area contributed by atoms with Crippen LogP contribution in [-0.2, 0) is 32.0 Å². The van der Waals surface area contributed by atoms with E-state index in [1.54, 1.807) is 29.7 Å². The monoisotopic (exact) mass is 453 g/mol. The van der Waals surface area contributed by atoms with E-state index in [0.29, 0.717) is 23.6 Å². The van der Waals surface area contributed by atoms with Crippen LogP contribution in [0.3, 0.4) is 0 Å². The molecule has 3 aromatic heterocycles. The second-order valence-corrected chi connectivity index (χ2v) is 8.52. The van der Waals surface area contributed by atoms with Crippen LogP contribution < -0.4 is 4.74 Å². The topological polar surface area (TPSA) is 100 Å².